The van der Waals surface area contributed by atoms with Gasteiger partial charge in [0.05, 0.1) is 11.4 Å². The minimum atomic E-state index is -0.210. The maximum Gasteiger partial charge on any atom is 0.251 e. The van der Waals surface area contributed by atoms with Crippen LogP contribution in [0.15, 0.2) is 53.7 Å². The van der Waals surface area contributed by atoms with Gasteiger partial charge < -0.3 is 10.6 Å². The molecule has 3 rings (SSSR count). The van der Waals surface area contributed by atoms with Gasteiger partial charge in [-0.3, -0.25) is 9.59 Å². The quantitative estimate of drug-likeness (QED) is 0.614. The molecule has 8 nitrogen and oxygen atoms in total. The summed E-state index contributed by atoms with van der Waals surface area (Å²) in [6.45, 7) is 0. The summed E-state index contributed by atoms with van der Waals surface area (Å²) in [6.07, 6.45) is 0. The third-order valence-corrected chi connectivity index (χ3v) is 4.67. The smallest absolute Gasteiger partial charge is 0.251 e. The molecule has 1 aromatic heterocycles. The van der Waals surface area contributed by atoms with Crippen molar-refractivity contribution in [3.63, 3.8) is 0 Å². The molecule has 0 aliphatic heterocycles. The lowest BCUT2D eigenvalue weighted by atomic mass is 10.2. The summed E-state index contributed by atoms with van der Waals surface area (Å²) < 4.78 is 1.53. The van der Waals surface area contributed by atoms with Crippen LogP contribution in [0.4, 0.5) is 5.69 Å². The van der Waals surface area contributed by atoms with E-state index in [1.165, 1.54) is 16.4 Å². The van der Waals surface area contributed by atoms with Crippen molar-refractivity contribution in [1.82, 2.24) is 25.5 Å². The highest BCUT2D eigenvalue weighted by Crippen LogP contribution is 2.20. The van der Waals surface area contributed by atoms with Gasteiger partial charge >= 0.3 is 0 Å². The van der Waals surface area contributed by atoms with Crippen LogP contribution in [0.3, 0.4) is 0 Å². The number of tetrazole rings is 1. The van der Waals surface area contributed by atoms with Gasteiger partial charge in [0.1, 0.15) is 0 Å². The molecule has 0 aliphatic carbocycles. The van der Waals surface area contributed by atoms with Gasteiger partial charge in [0.15, 0.2) is 0 Å². The molecule has 138 valence electrons. The predicted molar refractivity (Wildman–Crippen MR) is 103 cm³/mol. The monoisotopic (exact) mass is 402 g/mol. The average molecular weight is 403 g/mol. The summed E-state index contributed by atoms with van der Waals surface area (Å²) >= 11 is 7.10. The number of amides is 2. The Kier molecular flexibility index (Phi) is 6.05. The van der Waals surface area contributed by atoms with Gasteiger partial charge in [-0.05, 0) is 59.0 Å². The summed E-state index contributed by atoms with van der Waals surface area (Å²) in [7, 11) is 1.56. The second-order valence-electron chi connectivity index (χ2n) is 5.34. The van der Waals surface area contributed by atoms with E-state index in [4.69, 9.17) is 11.6 Å². The van der Waals surface area contributed by atoms with Crippen LogP contribution >= 0.6 is 23.4 Å². The normalized spacial score (nSPS) is 10.4. The first-order valence-corrected chi connectivity index (χ1v) is 9.22. The van der Waals surface area contributed by atoms with E-state index in [2.05, 4.69) is 26.2 Å². The van der Waals surface area contributed by atoms with E-state index in [9.17, 15) is 9.59 Å². The summed E-state index contributed by atoms with van der Waals surface area (Å²) in [5.41, 5.74) is 1.87. The fraction of sp³-hybridized carbons (Fsp3) is 0.118. The van der Waals surface area contributed by atoms with Crippen LogP contribution in [0.1, 0.15) is 10.4 Å². The second kappa shape index (κ2) is 8.65. The Morgan fingerprint density at radius 2 is 1.81 bits per heavy atom. The lowest BCUT2D eigenvalue weighted by Crippen LogP contribution is -2.18. The molecule has 10 heteroatoms. The number of rotatable bonds is 6. The van der Waals surface area contributed by atoms with Gasteiger partial charge in [-0.15, -0.1) is 5.10 Å². The summed E-state index contributed by atoms with van der Waals surface area (Å²) in [6, 6.07) is 13.7. The van der Waals surface area contributed by atoms with Crippen molar-refractivity contribution in [1.29, 1.82) is 0 Å². The van der Waals surface area contributed by atoms with Gasteiger partial charge in [-0.2, -0.15) is 4.68 Å². The van der Waals surface area contributed by atoms with E-state index in [1.54, 1.807) is 55.6 Å². The number of carbonyl (C=O) groups excluding carboxylic acids is 2. The molecule has 0 spiro atoms. The van der Waals surface area contributed by atoms with Crippen molar-refractivity contribution >= 4 is 40.9 Å². The Hall–Kier alpha value is -2.91. The first-order chi connectivity index (χ1) is 13.1. The Morgan fingerprint density at radius 1 is 1.11 bits per heavy atom. The molecule has 0 atom stereocenters. The molecular formula is C17H15ClN6O2S. The molecule has 1 heterocycles. The minimum Gasteiger partial charge on any atom is -0.355 e. The number of anilines is 1. The van der Waals surface area contributed by atoms with Crippen molar-refractivity contribution in [3.05, 3.63) is 59.1 Å². The molecule has 0 saturated heterocycles. The first-order valence-electron chi connectivity index (χ1n) is 7.86. The molecule has 2 amide bonds. The number of hydrogen-bond donors (Lipinski definition) is 2. The highest BCUT2D eigenvalue weighted by Gasteiger charge is 2.12. The summed E-state index contributed by atoms with van der Waals surface area (Å²) in [4.78, 5) is 23.7. The number of benzene rings is 2. The maximum atomic E-state index is 12.2. The number of nitrogens with one attached hydrogen (secondary N) is 2. The molecule has 3 aromatic rings. The SMILES string of the molecule is CNC(=O)c1ccc(NC(=O)CSc2nnnn2-c2ccc(Cl)cc2)cc1. The van der Waals surface area contributed by atoms with Gasteiger partial charge in [0.25, 0.3) is 5.91 Å². The topological polar surface area (TPSA) is 102 Å². The number of aromatic nitrogens is 4. The zero-order valence-corrected chi connectivity index (χ0v) is 15.8. The number of halogens is 1. The van der Waals surface area contributed by atoms with Gasteiger partial charge in [0, 0.05) is 23.3 Å². The molecule has 2 N–H and O–H groups in total. The number of thioether (sulfide) groups is 1. The van der Waals surface area contributed by atoms with Crippen molar-refractivity contribution in [2.45, 2.75) is 5.16 Å². The van der Waals surface area contributed by atoms with E-state index in [0.29, 0.717) is 21.4 Å². The molecule has 0 fully saturated rings. The van der Waals surface area contributed by atoms with Crippen molar-refractivity contribution in [2.24, 2.45) is 0 Å². The minimum absolute atomic E-state index is 0.130. The van der Waals surface area contributed by atoms with Crippen molar-refractivity contribution in [3.8, 4) is 5.69 Å². The van der Waals surface area contributed by atoms with Gasteiger partial charge in [-0.1, -0.05) is 23.4 Å². The summed E-state index contributed by atoms with van der Waals surface area (Å²) in [5, 5.41) is 17.9. The van der Waals surface area contributed by atoms with Crippen LogP contribution < -0.4 is 10.6 Å². The van der Waals surface area contributed by atoms with E-state index < -0.39 is 0 Å². The van der Waals surface area contributed by atoms with Crippen LogP contribution in [-0.4, -0.2) is 44.8 Å². The van der Waals surface area contributed by atoms with Crippen LogP contribution in [0.25, 0.3) is 5.69 Å². The van der Waals surface area contributed by atoms with Crippen LogP contribution in [0.2, 0.25) is 5.02 Å². The van der Waals surface area contributed by atoms with Gasteiger partial charge in [-0.25, -0.2) is 0 Å². The third kappa shape index (κ3) is 4.83. The Labute approximate surface area is 164 Å². The zero-order chi connectivity index (χ0) is 19.2. The fourth-order valence-electron chi connectivity index (χ4n) is 2.19. The van der Waals surface area contributed by atoms with Crippen LogP contribution in [0.5, 0.6) is 0 Å². The fourth-order valence-corrected chi connectivity index (χ4v) is 3.01. The van der Waals surface area contributed by atoms with E-state index in [-0.39, 0.29) is 17.6 Å². The molecule has 0 unspecified atom stereocenters. The standard InChI is InChI=1S/C17H15ClN6O2S/c1-19-16(26)11-2-6-13(7-3-11)20-15(25)10-27-17-21-22-23-24(17)14-8-4-12(18)5-9-14/h2-9H,10H2,1H3,(H,19,26)(H,20,25). The van der Waals surface area contributed by atoms with E-state index in [1.807, 2.05) is 0 Å². The number of nitrogens with zero attached hydrogens (tertiary/aromatic N) is 4. The van der Waals surface area contributed by atoms with Crippen LogP contribution in [-0.2, 0) is 4.79 Å². The molecule has 0 radical (unpaired) electrons. The van der Waals surface area contributed by atoms with E-state index in [0.717, 1.165) is 5.69 Å². The lowest BCUT2D eigenvalue weighted by molar-refractivity contribution is -0.113. The van der Waals surface area contributed by atoms with Crippen molar-refractivity contribution < 1.29 is 9.59 Å². The molecule has 0 aliphatic rings. The predicted octanol–water partition coefficient (Wildman–Crippen LogP) is 2.41. The summed E-state index contributed by atoms with van der Waals surface area (Å²) in [5.74, 6) is -0.263. The highest BCUT2D eigenvalue weighted by atomic mass is 35.5. The lowest BCUT2D eigenvalue weighted by Gasteiger charge is -2.07. The highest BCUT2D eigenvalue weighted by molar-refractivity contribution is 7.99. The molecule has 27 heavy (non-hydrogen) atoms. The Morgan fingerprint density at radius 3 is 2.48 bits per heavy atom. The number of carbonyl (C=O) groups is 2. The van der Waals surface area contributed by atoms with Gasteiger partial charge in [0.2, 0.25) is 11.1 Å². The third-order valence-electron chi connectivity index (χ3n) is 3.50. The Balaban J connectivity index is 1.59. The molecule has 2 aromatic carbocycles. The first kappa shape index (κ1) is 18.9. The Bertz CT molecular complexity index is 943. The molecule has 0 bridgehead atoms. The van der Waals surface area contributed by atoms with Crippen LogP contribution in [0, 0.1) is 0 Å². The molecule has 0 saturated carbocycles. The maximum absolute atomic E-state index is 12.2. The van der Waals surface area contributed by atoms with E-state index >= 15 is 0 Å². The van der Waals surface area contributed by atoms with Crippen molar-refractivity contribution in [2.75, 3.05) is 18.1 Å². The number of hydrogen-bond acceptors (Lipinski definition) is 6. The average Bonchev–Trinajstić information content (AvgIpc) is 3.15. The zero-order valence-electron chi connectivity index (χ0n) is 14.2. The molecular weight excluding hydrogens is 388 g/mol. The largest absolute Gasteiger partial charge is 0.355 e. The second-order valence-corrected chi connectivity index (χ2v) is 6.72.